The third-order valence-corrected chi connectivity index (χ3v) is 1.73. The first-order chi connectivity index (χ1) is 7.47. The van der Waals surface area contributed by atoms with Crippen LogP contribution in [0, 0.1) is 23.2 Å². The summed E-state index contributed by atoms with van der Waals surface area (Å²) in [7, 11) is 1.26. The second-order valence-electron chi connectivity index (χ2n) is 2.81. The van der Waals surface area contributed by atoms with E-state index >= 15 is 0 Å². The van der Waals surface area contributed by atoms with Gasteiger partial charge in [0, 0.05) is 11.5 Å². The molecule has 0 atom stereocenters. The molecule has 5 heteroatoms. The largest absolute Gasteiger partial charge is 0.497 e. The van der Waals surface area contributed by atoms with E-state index < -0.39 is 11.7 Å². The van der Waals surface area contributed by atoms with Crippen molar-refractivity contribution in [1.29, 1.82) is 5.26 Å². The van der Waals surface area contributed by atoms with E-state index in [2.05, 4.69) is 5.92 Å². The highest BCUT2D eigenvalue weighted by atomic mass is 19.4. The number of hydrogen-bond donors (Lipinski definition) is 0. The van der Waals surface area contributed by atoms with E-state index in [1.165, 1.54) is 19.2 Å². The summed E-state index contributed by atoms with van der Waals surface area (Å²) in [6.45, 7) is 0. The lowest BCUT2D eigenvalue weighted by molar-refractivity contribution is -0.137. The lowest BCUT2D eigenvalue weighted by atomic mass is 10.1. The van der Waals surface area contributed by atoms with Crippen LogP contribution in [-0.4, -0.2) is 7.11 Å². The van der Waals surface area contributed by atoms with E-state index in [9.17, 15) is 13.2 Å². The van der Waals surface area contributed by atoms with Gasteiger partial charge in [-0.2, -0.15) is 18.4 Å². The summed E-state index contributed by atoms with van der Waals surface area (Å²) >= 11 is 0. The van der Waals surface area contributed by atoms with Crippen LogP contribution in [0.15, 0.2) is 18.2 Å². The number of nitrogens with zero attached hydrogens (tertiary/aromatic N) is 1. The Kier molecular flexibility index (Phi) is 3.42. The molecule has 0 saturated carbocycles. The van der Waals surface area contributed by atoms with Gasteiger partial charge in [-0.25, -0.2) is 0 Å². The number of halogens is 3. The average Bonchev–Trinajstić information content (AvgIpc) is 2.24. The lowest BCUT2D eigenvalue weighted by Gasteiger charge is -2.09. The molecule has 82 valence electrons. The molecule has 0 aliphatic carbocycles. The third kappa shape index (κ3) is 2.93. The Morgan fingerprint density at radius 2 is 1.94 bits per heavy atom. The second kappa shape index (κ2) is 4.59. The van der Waals surface area contributed by atoms with Crippen molar-refractivity contribution in [2.45, 2.75) is 6.18 Å². The molecule has 0 saturated heterocycles. The van der Waals surface area contributed by atoms with Crippen LogP contribution in [0.25, 0.3) is 0 Å². The van der Waals surface area contributed by atoms with Crippen LogP contribution in [0.1, 0.15) is 11.1 Å². The van der Waals surface area contributed by atoms with Gasteiger partial charge in [0.05, 0.1) is 12.7 Å². The van der Waals surface area contributed by atoms with Crippen LogP contribution in [0.5, 0.6) is 5.75 Å². The number of hydrogen-bond acceptors (Lipinski definition) is 2. The van der Waals surface area contributed by atoms with Crippen molar-refractivity contribution in [2.75, 3.05) is 7.11 Å². The predicted molar refractivity (Wildman–Crippen MR) is 50.5 cm³/mol. The van der Waals surface area contributed by atoms with Gasteiger partial charge in [-0.05, 0) is 18.2 Å². The molecule has 2 nitrogen and oxygen atoms in total. The number of methoxy groups -OCH3 is 1. The van der Waals surface area contributed by atoms with Gasteiger partial charge in [0.25, 0.3) is 0 Å². The predicted octanol–water partition coefficient (Wildman–Crippen LogP) is 2.59. The Bertz CT molecular complexity index is 489. The van der Waals surface area contributed by atoms with E-state index in [0.29, 0.717) is 0 Å². The van der Waals surface area contributed by atoms with Crippen molar-refractivity contribution >= 4 is 0 Å². The van der Waals surface area contributed by atoms with Gasteiger partial charge in [-0.1, -0.05) is 5.92 Å². The zero-order valence-corrected chi connectivity index (χ0v) is 8.22. The van der Waals surface area contributed by atoms with Crippen LogP contribution in [-0.2, 0) is 6.18 Å². The molecule has 0 aromatic heterocycles. The number of nitriles is 1. The normalized spacial score (nSPS) is 9.94. The van der Waals surface area contributed by atoms with Crippen molar-refractivity contribution in [3.8, 4) is 23.7 Å². The molecular formula is C11H6F3NO. The maximum Gasteiger partial charge on any atom is 0.416 e. The highest BCUT2D eigenvalue weighted by Crippen LogP contribution is 2.32. The van der Waals surface area contributed by atoms with Crippen molar-refractivity contribution in [1.82, 2.24) is 0 Å². The number of alkyl halides is 3. The van der Waals surface area contributed by atoms with Gasteiger partial charge in [0.1, 0.15) is 5.75 Å². The van der Waals surface area contributed by atoms with Crippen molar-refractivity contribution in [3.05, 3.63) is 29.3 Å². The summed E-state index contributed by atoms with van der Waals surface area (Å²) in [5, 5.41) is 8.21. The van der Waals surface area contributed by atoms with E-state index in [-0.39, 0.29) is 11.3 Å². The quantitative estimate of drug-likeness (QED) is 0.688. The molecule has 0 aliphatic rings. The summed E-state index contributed by atoms with van der Waals surface area (Å²) < 4.78 is 42.0. The molecule has 0 amide bonds. The molecule has 0 N–H and O–H groups in total. The Morgan fingerprint density at radius 1 is 1.25 bits per heavy atom. The summed E-state index contributed by atoms with van der Waals surface area (Å²) in [5.41, 5.74) is -0.762. The fraction of sp³-hybridized carbons (Fsp3) is 0.182. The van der Waals surface area contributed by atoms with Crippen molar-refractivity contribution in [3.63, 3.8) is 0 Å². The standard InChI is InChI=1S/C11H6F3NO/c1-16-10-6-8(3-2-4-15)5-9(7-10)11(12,13)14/h5-7H,1H3. The smallest absolute Gasteiger partial charge is 0.416 e. The summed E-state index contributed by atoms with van der Waals surface area (Å²) in [4.78, 5) is 0. The van der Waals surface area contributed by atoms with Gasteiger partial charge < -0.3 is 4.74 Å². The molecule has 1 rings (SSSR count). The minimum Gasteiger partial charge on any atom is -0.497 e. The fourth-order valence-corrected chi connectivity index (χ4v) is 1.05. The molecule has 0 unspecified atom stereocenters. The molecule has 0 aliphatic heterocycles. The first-order valence-electron chi connectivity index (χ1n) is 4.13. The zero-order valence-electron chi connectivity index (χ0n) is 8.22. The van der Waals surface area contributed by atoms with E-state index in [0.717, 1.165) is 12.1 Å². The number of rotatable bonds is 1. The zero-order chi connectivity index (χ0) is 12.2. The monoisotopic (exact) mass is 225 g/mol. The molecule has 0 heterocycles. The van der Waals surface area contributed by atoms with E-state index in [1.54, 1.807) is 0 Å². The topological polar surface area (TPSA) is 33.0 Å². The van der Waals surface area contributed by atoms with E-state index in [1.807, 2.05) is 5.92 Å². The number of ether oxygens (including phenoxy) is 1. The molecule has 1 aromatic rings. The maximum absolute atomic E-state index is 12.4. The molecule has 1 aromatic carbocycles. The van der Waals surface area contributed by atoms with Crippen LogP contribution in [0.2, 0.25) is 0 Å². The van der Waals surface area contributed by atoms with Gasteiger partial charge in [0.15, 0.2) is 6.07 Å². The molecule has 16 heavy (non-hydrogen) atoms. The summed E-state index contributed by atoms with van der Waals surface area (Å²) in [6.07, 6.45) is -4.46. The van der Waals surface area contributed by atoms with Gasteiger partial charge in [-0.3, -0.25) is 0 Å². The summed E-state index contributed by atoms with van der Waals surface area (Å²) in [6, 6.07) is 4.60. The highest BCUT2D eigenvalue weighted by Gasteiger charge is 2.31. The van der Waals surface area contributed by atoms with Gasteiger partial charge in [0.2, 0.25) is 0 Å². The van der Waals surface area contributed by atoms with Gasteiger partial charge >= 0.3 is 6.18 Å². The summed E-state index contributed by atoms with van der Waals surface area (Å²) in [5.74, 6) is 4.37. The molecule has 0 bridgehead atoms. The Morgan fingerprint density at radius 3 is 2.44 bits per heavy atom. The van der Waals surface area contributed by atoms with Crippen LogP contribution in [0.4, 0.5) is 13.2 Å². The second-order valence-corrected chi connectivity index (χ2v) is 2.81. The van der Waals surface area contributed by atoms with Gasteiger partial charge in [-0.15, -0.1) is 0 Å². The van der Waals surface area contributed by atoms with Crippen LogP contribution < -0.4 is 4.74 Å². The fourth-order valence-electron chi connectivity index (χ4n) is 1.05. The molecule has 0 spiro atoms. The van der Waals surface area contributed by atoms with Crippen molar-refractivity contribution in [2.24, 2.45) is 0 Å². The van der Waals surface area contributed by atoms with Crippen LogP contribution in [0.3, 0.4) is 0 Å². The van der Waals surface area contributed by atoms with Crippen molar-refractivity contribution < 1.29 is 17.9 Å². The first kappa shape index (κ1) is 11.9. The average molecular weight is 225 g/mol. The number of benzene rings is 1. The maximum atomic E-state index is 12.4. The van der Waals surface area contributed by atoms with Crippen LogP contribution >= 0.6 is 0 Å². The lowest BCUT2D eigenvalue weighted by Crippen LogP contribution is -2.05. The SMILES string of the molecule is COc1cc(C#CC#N)cc(C(F)(F)F)c1. The minimum absolute atomic E-state index is 0.0528. The minimum atomic E-state index is -4.46. The third-order valence-electron chi connectivity index (χ3n) is 1.73. The molecule has 0 fully saturated rings. The first-order valence-corrected chi connectivity index (χ1v) is 4.13. The Balaban J connectivity index is 3.28. The highest BCUT2D eigenvalue weighted by molar-refractivity contribution is 5.45. The Labute approximate surface area is 90.3 Å². The molecule has 0 radical (unpaired) electrons. The molecular weight excluding hydrogens is 219 g/mol. The Hall–Kier alpha value is -2.14. The van der Waals surface area contributed by atoms with E-state index in [4.69, 9.17) is 10.00 Å².